The molecule has 0 saturated heterocycles. The highest BCUT2D eigenvalue weighted by Gasteiger charge is 2.14. The zero-order valence-corrected chi connectivity index (χ0v) is 17.1. The number of fused-ring (bicyclic) bond motifs is 3. The Morgan fingerprint density at radius 2 is 1.87 bits per heavy atom. The quantitative estimate of drug-likeness (QED) is 0.338. The van der Waals surface area contributed by atoms with Crippen molar-refractivity contribution in [2.75, 3.05) is 0 Å². The highest BCUT2D eigenvalue weighted by molar-refractivity contribution is 6.08. The van der Waals surface area contributed by atoms with Crippen molar-refractivity contribution in [3.8, 4) is 11.3 Å². The normalized spacial score (nSPS) is 13.3. The molecule has 0 aliphatic rings. The molecule has 0 amide bonds. The summed E-state index contributed by atoms with van der Waals surface area (Å²) < 4.78 is 29.0. The summed E-state index contributed by atoms with van der Waals surface area (Å²) in [5.41, 5.74) is 7.89. The van der Waals surface area contributed by atoms with E-state index in [0.717, 1.165) is 34.9 Å². The summed E-state index contributed by atoms with van der Waals surface area (Å²) >= 11 is 0. The molecule has 0 spiro atoms. The third-order valence-corrected chi connectivity index (χ3v) is 5.65. The Hall–Kier alpha value is -3.46. The molecule has 0 N–H and O–H groups in total. The Balaban J connectivity index is 1.51. The lowest BCUT2D eigenvalue weighted by Crippen LogP contribution is -1.96. The molecule has 2 aromatic carbocycles. The van der Waals surface area contributed by atoms with Gasteiger partial charge < -0.3 is 4.42 Å². The number of nitrogens with zero attached hydrogens (tertiary/aromatic N) is 2. The summed E-state index contributed by atoms with van der Waals surface area (Å²) in [4.78, 5) is 8.86. The van der Waals surface area contributed by atoms with Gasteiger partial charge >= 0.3 is 0 Å². The fraction of sp³-hybridized carbons (Fsp3) is 0.185. The summed E-state index contributed by atoms with van der Waals surface area (Å²) in [5.74, 6) is 0. The van der Waals surface area contributed by atoms with Gasteiger partial charge in [-0.15, -0.1) is 0 Å². The van der Waals surface area contributed by atoms with Crippen molar-refractivity contribution in [1.29, 1.82) is 0 Å². The van der Waals surface area contributed by atoms with E-state index >= 15 is 0 Å². The van der Waals surface area contributed by atoms with Gasteiger partial charge in [-0.2, -0.15) is 0 Å². The first-order chi connectivity index (χ1) is 15.8. The molecule has 3 heterocycles. The van der Waals surface area contributed by atoms with Crippen LogP contribution in [0.2, 0.25) is 0 Å². The number of aromatic nitrogens is 2. The molecule has 0 aliphatic heterocycles. The van der Waals surface area contributed by atoms with Crippen molar-refractivity contribution >= 4 is 22.1 Å². The van der Waals surface area contributed by atoms with Gasteiger partial charge in [-0.25, -0.2) is 4.98 Å². The van der Waals surface area contributed by atoms with Crippen molar-refractivity contribution in [1.82, 2.24) is 9.97 Å². The van der Waals surface area contributed by atoms with Crippen LogP contribution in [-0.2, 0) is 12.8 Å². The van der Waals surface area contributed by atoms with Crippen LogP contribution in [0.5, 0.6) is 0 Å². The van der Waals surface area contributed by atoms with Crippen LogP contribution in [0.3, 0.4) is 0 Å². The Morgan fingerprint density at radius 3 is 2.73 bits per heavy atom. The monoisotopic (exact) mass is 395 g/mol. The third-order valence-electron chi connectivity index (χ3n) is 5.65. The van der Waals surface area contributed by atoms with E-state index in [2.05, 4.69) is 54.1 Å². The lowest BCUT2D eigenvalue weighted by molar-refractivity contribution is 0.653. The van der Waals surface area contributed by atoms with E-state index in [0.29, 0.717) is 11.3 Å². The summed E-state index contributed by atoms with van der Waals surface area (Å²) in [6.07, 6.45) is 3.71. The van der Waals surface area contributed by atoms with Gasteiger partial charge in [0.15, 0.2) is 0 Å². The maximum absolute atomic E-state index is 7.63. The molecule has 3 nitrogen and oxygen atoms in total. The maximum Gasteiger partial charge on any atom is 0.227 e. The molecular formula is C27H24N2O. The predicted molar refractivity (Wildman–Crippen MR) is 123 cm³/mol. The van der Waals surface area contributed by atoms with Gasteiger partial charge in [0.1, 0.15) is 5.58 Å². The second kappa shape index (κ2) is 7.42. The molecule has 5 rings (SSSR count). The van der Waals surface area contributed by atoms with Crippen LogP contribution in [0.4, 0.5) is 0 Å². The summed E-state index contributed by atoms with van der Waals surface area (Å²) in [6, 6.07) is 20.0. The van der Waals surface area contributed by atoms with E-state index in [1.165, 1.54) is 22.3 Å². The molecule has 3 aromatic heterocycles. The standard InChI is InChI=1S/C27H24N2O/c1-17-7-10-21(18(2)15-17)11-9-20-13-14-28-25(16-20)24-6-4-5-22-23-12-8-19(3)29-27(23)30-26(22)24/h4-8,10,12-16H,9,11H2,1-3H3/i3D3. The minimum absolute atomic E-state index is 0.0297. The van der Waals surface area contributed by atoms with E-state index in [1.807, 2.05) is 24.4 Å². The third kappa shape index (κ3) is 3.37. The van der Waals surface area contributed by atoms with Crippen LogP contribution >= 0.6 is 0 Å². The highest BCUT2D eigenvalue weighted by Crippen LogP contribution is 2.34. The largest absolute Gasteiger partial charge is 0.437 e. The Bertz CT molecular complexity index is 1480. The van der Waals surface area contributed by atoms with Crippen LogP contribution in [0.15, 0.2) is 71.3 Å². The fourth-order valence-corrected chi connectivity index (χ4v) is 4.06. The zero-order valence-electron chi connectivity index (χ0n) is 20.1. The topological polar surface area (TPSA) is 38.9 Å². The van der Waals surface area contributed by atoms with Gasteiger partial charge in [0.25, 0.3) is 0 Å². The molecule has 0 atom stereocenters. The second-order valence-corrected chi connectivity index (χ2v) is 7.81. The average Bonchev–Trinajstić information content (AvgIpc) is 3.16. The second-order valence-electron chi connectivity index (χ2n) is 7.81. The first-order valence-electron chi connectivity index (χ1n) is 11.6. The van der Waals surface area contributed by atoms with Gasteiger partial charge in [-0.3, -0.25) is 4.98 Å². The molecule has 0 radical (unpaired) electrons. The van der Waals surface area contributed by atoms with E-state index in [4.69, 9.17) is 8.53 Å². The number of rotatable bonds is 4. The van der Waals surface area contributed by atoms with Gasteiger partial charge in [-0.05, 0) is 80.6 Å². The van der Waals surface area contributed by atoms with Crippen LogP contribution in [0.25, 0.3) is 33.3 Å². The molecule has 0 bridgehead atoms. The Kier molecular flexibility index (Phi) is 3.80. The van der Waals surface area contributed by atoms with E-state index in [-0.39, 0.29) is 5.69 Å². The van der Waals surface area contributed by atoms with Crippen molar-refractivity contribution in [3.05, 3.63) is 94.8 Å². The molecule has 148 valence electrons. The van der Waals surface area contributed by atoms with E-state index in [9.17, 15) is 0 Å². The number of pyridine rings is 2. The molecule has 30 heavy (non-hydrogen) atoms. The number of furan rings is 1. The van der Waals surface area contributed by atoms with E-state index < -0.39 is 6.85 Å². The Labute approximate surface area is 180 Å². The van der Waals surface area contributed by atoms with Crippen molar-refractivity contribution < 1.29 is 8.53 Å². The van der Waals surface area contributed by atoms with Gasteiger partial charge in [-0.1, -0.05) is 35.9 Å². The van der Waals surface area contributed by atoms with Gasteiger partial charge in [0, 0.05) is 32.3 Å². The molecule has 0 saturated carbocycles. The predicted octanol–water partition coefficient (Wildman–Crippen LogP) is 6.75. The van der Waals surface area contributed by atoms with Crippen molar-refractivity contribution in [2.24, 2.45) is 0 Å². The minimum atomic E-state index is -2.28. The summed E-state index contributed by atoms with van der Waals surface area (Å²) in [7, 11) is 0. The smallest absolute Gasteiger partial charge is 0.227 e. The van der Waals surface area contributed by atoms with Crippen LogP contribution < -0.4 is 0 Å². The molecule has 5 aromatic rings. The molecule has 0 fully saturated rings. The summed E-state index contributed by atoms with van der Waals surface area (Å²) in [6.45, 7) is 2.00. The van der Waals surface area contributed by atoms with Crippen LogP contribution in [0.1, 0.15) is 32.1 Å². The maximum atomic E-state index is 7.63. The first-order valence-corrected chi connectivity index (χ1v) is 10.1. The number of benzene rings is 2. The van der Waals surface area contributed by atoms with Crippen LogP contribution in [-0.4, -0.2) is 9.97 Å². The van der Waals surface area contributed by atoms with Crippen LogP contribution in [0, 0.1) is 20.7 Å². The molecular weight excluding hydrogens is 368 g/mol. The van der Waals surface area contributed by atoms with Gasteiger partial charge in [0.05, 0.1) is 5.69 Å². The highest BCUT2D eigenvalue weighted by atomic mass is 16.3. The number of hydrogen-bond acceptors (Lipinski definition) is 3. The molecule has 0 aliphatic carbocycles. The first kappa shape index (κ1) is 15.4. The van der Waals surface area contributed by atoms with Crippen molar-refractivity contribution in [2.45, 2.75) is 33.5 Å². The van der Waals surface area contributed by atoms with Crippen molar-refractivity contribution in [3.63, 3.8) is 0 Å². The lowest BCUT2D eigenvalue weighted by atomic mass is 9.98. The van der Waals surface area contributed by atoms with E-state index in [1.54, 1.807) is 12.1 Å². The minimum Gasteiger partial charge on any atom is -0.437 e. The number of hydrogen-bond donors (Lipinski definition) is 0. The fourth-order valence-electron chi connectivity index (χ4n) is 4.06. The number of aryl methyl sites for hydroxylation is 5. The molecule has 0 unspecified atom stereocenters. The molecule has 3 heteroatoms. The Morgan fingerprint density at radius 1 is 0.933 bits per heavy atom. The number of para-hydroxylation sites is 1. The average molecular weight is 396 g/mol. The zero-order chi connectivity index (χ0) is 23.2. The lowest BCUT2D eigenvalue weighted by Gasteiger charge is -2.08. The SMILES string of the molecule is [2H]C([2H])([2H])c1ccc2c(n1)oc1c(-c3cc(CCc4ccc(C)cc4C)ccn3)cccc12. The summed E-state index contributed by atoms with van der Waals surface area (Å²) in [5, 5.41) is 1.69. The van der Waals surface area contributed by atoms with Gasteiger partial charge in [0.2, 0.25) is 5.71 Å².